The zero-order valence-electron chi connectivity index (χ0n) is 15.2. The van der Waals surface area contributed by atoms with Crippen LogP contribution in [0.1, 0.15) is 11.1 Å². The van der Waals surface area contributed by atoms with Gasteiger partial charge in [0.15, 0.2) is 0 Å². The maximum atomic E-state index is 11.7. The average molecular weight is 404 g/mol. The van der Waals surface area contributed by atoms with Gasteiger partial charge in [-0.1, -0.05) is 42.5 Å². The fraction of sp³-hybridized carbons (Fsp3) is 0.0476. The lowest BCUT2D eigenvalue weighted by atomic mass is 10.1. The van der Waals surface area contributed by atoms with Crippen LogP contribution in [0.25, 0.3) is 22.2 Å². The predicted molar refractivity (Wildman–Crippen MR) is 108 cm³/mol. The Hall–Kier alpha value is -3.67. The molecule has 0 spiro atoms. The molecule has 0 saturated heterocycles. The molecule has 0 saturated carbocycles. The fourth-order valence-corrected chi connectivity index (χ4v) is 3.59. The number of H-pyrrole nitrogens is 1. The number of aromatic amines is 1. The highest BCUT2D eigenvalue weighted by Gasteiger charge is 2.15. The molecule has 4 aromatic rings. The van der Waals surface area contributed by atoms with E-state index in [-0.39, 0.29) is 4.90 Å². The summed E-state index contributed by atoms with van der Waals surface area (Å²) in [6.45, 7) is 0.315. The molecule has 0 aliphatic rings. The van der Waals surface area contributed by atoms with Crippen LogP contribution in [0, 0.1) is 11.3 Å². The topological polar surface area (TPSA) is 122 Å². The Bertz CT molecular complexity index is 1340. The van der Waals surface area contributed by atoms with E-state index >= 15 is 0 Å². The Kier molecular flexibility index (Phi) is 4.76. The van der Waals surface area contributed by atoms with Crippen molar-refractivity contribution in [3.63, 3.8) is 0 Å². The van der Waals surface area contributed by atoms with E-state index in [0.29, 0.717) is 40.1 Å². The van der Waals surface area contributed by atoms with Crippen LogP contribution in [-0.4, -0.2) is 18.6 Å². The number of sulfonamides is 1. The second-order valence-corrected chi connectivity index (χ2v) is 7.99. The van der Waals surface area contributed by atoms with Gasteiger partial charge in [0.25, 0.3) is 0 Å². The van der Waals surface area contributed by atoms with E-state index in [4.69, 9.17) is 9.88 Å². The average Bonchev–Trinajstić information content (AvgIpc) is 3.14. The van der Waals surface area contributed by atoms with Crippen molar-refractivity contribution < 1.29 is 13.2 Å². The maximum absolute atomic E-state index is 11.7. The van der Waals surface area contributed by atoms with Crippen LogP contribution in [0.15, 0.2) is 71.6 Å². The SMILES string of the molecule is N#Cc1cc2[nH]nc(-c3cccc(S(N)(=O)=O)c3)c2cc1OCc1ccccc1. The van der Waals surface area contributed by atoms with Crippen LogP contribution in [0.4, 0.5) is 0 Å². The third-order valence-electron chi connectivity index (χ3n) is 4.46. The van der Waals surface area contributed by atoms with Crippen molar-refractivity contribution >= 4 is 20.9 Å². The zero-order chi connectivity index (χ0) is 20.4. The number of aromatic nitrogens is 2. The molecular formula is C21H16N4O3S. The minimum absolute atomic E-state index is 0.000320. The number of fused-ring (bicyclic) bond motifs is 1. The van der Waals surface area contributed by atoms with Crippen molar-refractivity contribution in [3.05, 3.63) is 77.9 Å². The number of hydrogen-bond acceptors (Lipinski definition) is 5. The van der Waals surface area contributed by atoms with E-state index in [1.165, 1.54) is 12.1 Å². The number of benzene rings is 3. The summed E-state index contributed by atoms with van der Waals surface area (Å²) in [6, 6.07) is 21.4. The van der Waals surface area contributed by atoms with Crippen LogP contribution in [0.5, 0.6) is 5.75 Å². The molecule has 0 fully saturated rings. The van der Waals surface area contributed by atoms with Gasteiger partial charge in [-0.05, 0) is 29.8 Å². The predicted octanol–water partition coefficient (Wildman–Crippen LogP) is 3.33. The summed E-state index contributed by atoms with van der Waals surface area (Å²) in [5.74, 6) is 0.425. The number of rotatable bonds is 5. The summed E-state index contributed by atoms with van der Waals surface area (Å²) < 4.78 is 29.2. The van der Waals surface area contributed by atoms with Crippen molar-refractivity contribution in [1.29, 1.82) is 5.26 Å². The summed E-state index contributed by atoms with van der Waals surface area (Å²) >= 11 is 0. The fourth-order valence-electron chi connectivity index (χ4n) is 3.03. The number of ether oxygens (including phenoxy) is 1. The van der Waals surface area contributed by atoms with Crippen LogP contribution in [-0.2, 0) is 16.6 Å². The van der Waals surface area contributed by atoms with Gasteiger partial charge in [-0.15, -0.1) is 0 Å². The first kappa shape index (κ1) is 18.7. The molecule has 7 nitrogen and oxygen atoms in total. The van der Waals surface area contributed by atoms with Crippen molar-refractivity contribution in [2.75, 3.05) is 0 Å². The molecule has 3 aromatic carbocycles. The maximum Gasteiger partial charge on any atom is 0.238 e. The summed E-state index contributed by atoms with van der Waals surface area (Å²) in [4.78, 5) is 0.000320. The van der Waals surface area contributed by atoms with Crippen LogP contribution < -0.4 is 9.88 Å². The Morgan fingerprint density at radius 1 is 1.07 bits per heavy atom. The van der Waals surface area contributed by atoms with Crippen molar-refractivity contribution in [1.82, 2.24) is 10.2 Å². The van der Waals surface area contributed by atoms with Crippen molar-refractivity contribution in [3.8, 4) is 23.1 Å². The summed E-state index contributed by atoms with van der Waals surface area (Å²) in [5, 5.41) is 22.6. The van der Waals surface area contributed by atoms with Gasteiger partial charge in [-0.2, -0.15) is 10.4 Å². The quantitative estimate of drug-likeness (QED) is 0.528. The highest BCUT2D eigenvalue weighted by Crippen LogP contribution is 2.32. The van der Waals surface area contributed by atoms with Gasteiger partial charge in [0, 0.05) is 10.9 Å². The molecule has 4 rings (SSSR count). The number of hydrogen-bond donors (Lipinski definition) is 2. The summed E-state index contributed by atoms with van der Waals surface area (Å²) in [5.41, 5.74) is 3.12. The first-order chi connectivity index (χ1) is 14.0. The van der Waals surface area contributed by atoms with E-state index < -0.39 is 10.0 Å². The lowest BCUT2D eigenvalue weighted by Crippen LogP contribution is -2.11. The van der Waals surface area contributed by atoms with Gasteiger partial charge in [0.1, 0.15) is 24.1 Å². The van der Waals surface area contributed by atoms with Gasteiger partial charge in [0.2, 0.25) is 10.0 Å². The molecule has 0 bridgehead atoms. The van der Waals surface area contributed by atoms with E-state index in [9.17, 15) is 13.7 Å². The Morgan fingerprint density at radius 3 is 2.59 bits per heavy atom. The van der Waals surface area contributed by atoms with Gasteiger partial charge >= 0.3 is 0 Å². The minimum atomic E-state index is -3.83. The lowest BCUT2D eigenvalue weighted by Gasteiger charge is -2.09. The van der Waals surface area contributed by atoms with Gasteiger partial charge in [-0.3, -0.25) is 5.10 Å². The molecule has 29 heavy (non-hydrogen) atoms. The number of nitriles is 1. The monoisotopic (exact) mass is 404 g/mol. The molecule has 0 aliphatic carbocycles. The third-order valence-corrected chi connectivity index (χ3v) is 5.37. The molecule has 0 aliphatic heterocycles. The third kappa shape index (κ3) is 3.82. The molecule has 0 amide bonds. The smallest absolute Gasteiger partial charge is 0.238 e. The van der Waals surface area contributed by atoms with Gasteiger partial charge < -0.3 is 4.74 Å². The molecule has 1 heterocycles. The van der Waals surface area contributed by atoms with Gasteiger partial charge in [0.05, 0.1) is 16.0 Å². The van der Waals surface area contributed by atoms with E-state index in [1.54, 1.807) is 24.3 Å². The normalized spacial score (nSPS) is 11.3. The highest BCUT2D eigenvalue weighted by atomic mass is 32.2. The van der Waals surface area contributed by atoms with E-state index in [0.717, 1.165) is 5.56 Å². The van der Waals surface area contributed by atoms with Crippen LogP contribution in [0.2, 0.25) is 0 Å². The molecule has 1 aromatic heterocycles. The molecule has 3 N–H and O–H groups in total. The molecule has 0 radical (unpaired) electrons. The number of primary sulfonamides is 1. The van der Waals surface area contributed by atoms with E-state index in [1.807, 2.05) is 30.3 Å². The number of nitrogens with one attached hydrogen (secondary N) is 1. The second kappa shape index (κ2) is 7.39. The van der Waals surface area contributed by atoms with Crippen LogP contribution >= 0.6 is 0 Å². The van der Waals surface area contributed by atoms with Crippen molar-refractivity contribution in [2.45, 2.75) is 11.5 Å². The summed E-state index contributed by atoms with van der Waals surface area (Å²) in [7, 11) is -3.83. The minimum Gasteiger partial charge on any atom is -0.487 e. The standard InChI is InChI=1S/C21H16N4O3S/c22-12-16-10-19-18(11-20(16)28-13-14-5-2-1-3-6-14)21(25-24-19)15-7-4-8-17(9-15)29(23,26)27/h1-11H,13H2,(H,24,25)(H2,23,26,27). The molecule has 0 atom stereocenters. The first-order valence-electron chi connectivity index (χ1n) is 8.68. The lowest BCUT2D eigenvalue weighted by molar-refractivity contribution is 0.306. The van der Waals surface area contributed by atoms with Gasteiger partial charge in [-0.25, -0.2) is 13.6 Å². The first-order valence-corrected chi connectivity index (χ1v) is 10.2. The largest absolute Gasteiger partial charge is 0.487 e. The zero-order valence-corrected chi connectivity index (χ0v) is 16.0. The number of nitrogens with two attached hydrogens (primary N) is 1. The Labute approximate surface area is 167 Å². The number of nitrogens with zero attached hydrogens (tertiary/aromatic N) is 2. The highest BCUT2D eigenvalue weighted by molar-refractivity contribution is 7.89. The second-order valence-electron chi connectivity index (χ2n) is 6.43. The van der Waals surface area contributed by atoms with E-state index in [2.05, 4.69) is 16.3 Å². The molecule has 144 valence electrons. The Balaban J connectivity index is 1.77. The Morgan fingerprint density at radius 2 is 1.86 bits per heavy atom. The van der Waals surface area contributed by atoms with Crippen LogP contribution in [0.3, 0.4) is 0 Å². The molecular weight excluding hydrogens is 388 g/mol. The molecule has 8 heteroatoms. The van der Waals surface area contributed by atoms with Crippen molar-refractivity contribution in [2.24, 2.45) is 5.14 Å². The molecule has 0 unspecified atom stereocenters. The summed E-state index contributed by atoms with van der Waals surface area (Å²) in [6.07, 6.45) is 0.